The minimum atomic E-state index is -0.342. The van der Waals surface area contributed by atoms with Crippen LogP contribution in [-0.2, 0) is 10.5 Å². The van der Waals surface area contributed by atoms with Crippen LogP contribution in [0.25, 0.3) is 23.0 Å². The van der Waals surface area contributed by atoms with Crippen LogP contribution in [-0.4, -0.2) is 27.6 Å². The molecule has 162 valence electrons. The van der Waals surface area contributed by atoms with Gasteiger partial charge in [0, 0.05) is 16.8 Å². The molecule has 9 heteroatoms. The van der Waals surface area contributed by atoms with E-state index in [1.807, 2.05) is 0 Å². The number of carbonyl (C=O) groups excluding carboxylic acids is 2. The molecule has 0 radical (unpaired) electrons. The Morgan fingerprint density at radius 3 is 2.50 bits per heavy atom. The molecule has 1 N–H and O–H groups in total. The van der Waals surface area contributed by atoms with E-state index in [0.717, 1.165) is 0 Å². The molecule has 2 heterocycles. The van der Waals surface area contributed by atoms with Crippen LogP contribution in [0.15, 0.2) is 69.6 Å². The second-order valence-electron chi connectivity index (χ2n) is 6.87. The zero-order valence-electron chi connectivity index (χ0n) is 17.0. The maximum atomic E-state index is 13.1. The number of Topliss-reactive ketones (excluding diaryl/α,β-unsaturated/α-hetero) is 1. The lowest BCUT2D eigenvalue weighted by Crippen LogP contribution is -2.14. The maximum Gasteiger partial charge on any atom is 0.293 e. The smallest absolute Gasteiger partial charge is 0.293 e. The van der Waals surface area contributed by atoms with Crippen molar-refractivity contribution in [2.75, 3.05) is 11.1 Å². The fraction of sp³-hybridized carbons (Fsp3) is 0.130. The van der Waals surface area contributed by atoms with Gasteiger partial charge in [0.15, 0.2) is 11.5 Å². The standard InChI is InChI=1S/C23H18FN3O4S/c1-14(28)15-4-8-18(9-5-15)25-21(29)13-32-12-19-10-11-20(30-19)23-26-22(27-31-23)16-2-6-17(24)7-3-16/h2-11H,12-13H2,1H3,(H,25,29). The average molecular weight is 451 g/mol. The van der Waals surface area contributed by atoms with Gasteiger partial charge in [0.1, 0.15) is 11.6 Å². The lowest BCUT2D eigenvalue weighted by Gasteiger charge is -2.05. The Bertz CT molecular complexity index is 1230. The van der Waals surface area contributed by atoms with E-state index >= 15 is 0 Å². The number of aromatic nitrogens is 2. The quantitative estimate of drug-likeness (QED) is 0.367. The number of hydrogen-bond donors (Lipinski definition) is 1. The summed E-state index contributed by atoms with van der Waals surface area (Å²) in [6.07, 6.45) is 0. The van der Waals surface area contributed by atoms with Gasteiger partial charge in [0.25, 0.3) is 5.89 Å². The number of halogens is 1. The summed E-state index contributed by atoms with van der Waals surface area (Å²) in [5.41, 5.74) is 1.86. The number of hydrogen-bond acceptors (Lipinski definition) is 7. The highest BCUT2D eigenvalue weighted by Gasteiger charge is 2.15. The van der Waals surface area contributed by atoms with Gasteiger partial charge in [0.05, 0.1) is 11.5 Å². The summed E-state index contributed by atoms with van der Waals surface area (Å²) in [4.78, 5) is 27.7. The number of anilines is 1. The molecule has 0 bridgehead atoms. The van der Waals surface area contributed by atoms with E-state index in [1.165, 1.54) is 30.8 Å². The van der Waals surface area contributed by atoms with Crippen molar-refractivity contribution in [2.24, 2.45) is 0 Å². The van der Waals surface area contributed by atoms with Gasteiger partial charge in [-0.05, 0) is 67.6 Å². The molecule has 0 spiro atoms. The predicted octanol–water partition coefficient (Wildman–Crippen LogP) is 5.21. The van der Waals surface area contributed by atoms with E-state index in [9.17, 15) is 14.0 Å². The van der Waals surface area contributed by atoms with Gasteiger partial charge < -0.3 is 14.3 Å². The molecule has 0 saturated heterocycles. The van der Waals surface area contributed by atoms with E-state index < -0.39 is 0 Å². The summed E-state index contributed by atoms with van der Waals surface area (Å²) in [7, 11) is 0. The van der Waals surface area contributed by atoms with E-state index in [2.05, 4.69) is 15.5 Å². The summed E-state index contributed by atoms with van der Waals surface area (Å²) in [5.74, 6) is 1.82. The number of nitrogens with one attached hydrogen (secondary N) is 1. The second kappa shape index (κ2) is 9.61. The molecule has 32 heavy (non-hydrogen) atoms. The van der Waals surface area contributed by atoms with Crippen LogP contribution in [0.5, 0.6) is 0 Å². The lowest BCUT2D eigenvalue weighted by atomic mass is 10.1. The predicted molar refractivity (Wildman–Crippen MR) is 119 cm³/mol. The molecule has 0 saturated carbocycles. The Morgan fingerprint density at radius 1 is 1.03 bits per heavy atom. The van der Waals surface area contributed by atoms with Gasteiger partial charge in [-0.2, -0.15) is 4.98 Å². The van der Waals surface area contributed by atoms with Crippen LogP contribution >= 0.6 is 11.8 Å². The number of nitrogens with zero attached hydrogens (tertiary/aromatic N) is 2. The fourth-order valence-corrected chi connectivity index (χ4v) is 3.56. The van der Waals surface area contributed by atoms with Crippen LogP contribution in [0.3, 0.4) is 0 Å². The normalized spacial score (nSPS) is 10.8. The number of rotatable bonds is 8. The minimum Gasteiger partial charge on any atom is -0.455 e. The molecule has 2 aromatic heterocycles. The van der Waals surface area contributed by atoms with Crippen molar-refractivity contribution in [3.63, 3.8) is 0 Å². The summed E-state index contributed by atoms with van der Waals surface area (Å²) in [5, 5.41) is 6.69. The van der Waals surface area contributed by atoms with Gasteiger partial charge in [-0.1, -0.05) is 5.16 Å². The van der Waals surface area contributed by atoms with E-state index in [-0.39, 0.29) is 29.2 Å². The molecular weight excluding hydrogens is 433 g/mol. The average Bonchev–Trinajstić information content (AvgIpc) is 3.44. The largest absolute Gasteiger partial charge is 0.455 e. The first-order valence-electron chi connectivity index (χ1n) is 9.65. The Balaban J connectivity index is 1.28. The Kier molecular flexibility index (Phi) is 6.46. The van der Waals surface area contributed by atoms with Crippen molar-refractivity contribution in [1.82, 2.24) is 10.1 Å². The molecule has 0 fully saturated rings. The third-order valence-electron chi connectivity index (χ3n) is 4.45. The van der Waals surface area contributed by atoms with Crippen molar-refractivity contribution >= 4 is 29.1 Å². The number of carbonyl (C=O) groups is 2. The van der Waals surface area contributed by atoms with Crippen LogP contribution in [0.1, 0.15) is 23.0 Å². The van der Waals surface area contributed by atoms with Gasteiger partial charge in [-0.25, -0.2) is 4.39 Å². The van der Waals surface area contributed by atoms with Crippen LogP contribution < -0.4 is 5.32 Å². The number of amides is 1. The zero-order valence-corrected chi connectivity index (χ0v) is 17.8. The summed E-state index contributed by atoms with van der Waals surface area (Å²) >= 11 is 1.39. The number of furan rings is 1. The Hall–Kier alpha value is -3.72. The van der Waals surface area contributed by atoms with E-state index in [4.69, 9.17) is 8.94 Å². The Morgan fingerprint density at radius 2 is 1.78 bits per heavy atom. The highest BCUT2D eigenvalue weighted by Crippen LogP contribution is 2.26. The van der Waals surface area contributed by atoms with Crippen LogP contribution in [0, 0.1) is 5.82 Å². The summed E-state index contributed by atoms with van der Waals surface area (Å²) in [6.45, 7) is 1.49. The molecule has 7 nitrogen and oxygen atoms in total. The molecule has 2 aromatic carbocycles. The molecule has 1 amide bonds. The first-order chi connectivity index (χ1) is 15.5. The molecule has 0 aliphatic carbocycles. The number of ketones is 1. The van der Waals surface area contributed by atoms with Crippen molar-refractivity contribution < 1.29 is 22.9 Å². The molecule has 0 aliphatic rings. The number of thioether (sulfide) groups is 1. The molecule has 4 rings (SSSR count). The van der Waals surface area contributed by atoms with Crippen molar-refractivity contribution in [2.45, 2.75) is 12.7 Å². The van der Waals surface area contributed by atoms with Crippen molar-refractivity contribution in [3.05, 3.63) is 77.8 Å². The van der Waals surface area contributed by atoms with Gasteiger partial charge in [0.2, 0.25) is 11.7 Å². The van der Waals surface area contributed by atoms with E-state index in [0.29, 0.717) is 39.9 Å². The molecular formula is C23H18FN3O4S. The van der Waals surface area contributed by atoms with Gasteiger partial charge >= 0.3 is 0 Å². The summed E-state index contributed by atoms with van der Waals surface area (Å²) < 4.78 is 24.0. The first-order valence-corrected chi connectivity index (χ1v) is 10.8. The topological polar surface area (TPSA) is 98.2 Å². The van der Waals surface area contributed by atoms with E-state index in [1.54, 1.807) is 48.5 Å². The molecule has 0 atom stereocenters. The van der Waals surface area contributed by atoms with Crippen molar-refractivity contribution in [1.29, 1.82) is 0 Å². The van der Waals surface area contributed by atoms with Gasteiger partial charge in [-0.3, -0.25) is 9.59 Å². The molecule has 0 aliphatic heterocycles. The highest BCUT2D eigenvalue weighted by molar-refractivity contribution is 7.99. The minimum absolute atomic E-state index is 0.0246. The number of benzene rings is 2. The highest BCUT2D eigenvalue weighted by atomic mass is 32.2. The van der Waals surface area contributed by atoms with Crippen LogP contribution in [0.4, 0.5) is 10.1 Å². The van der Waals surface area contributed by atoms with Crippen molar-refractivity contribution in [3.8, 4) is 23.0 Å². The third-order valence-corrected chi connectivity index (χ3v) is 5.41. The Labute approximate surface area is 187 Å². The zero-order chi connectivity index (χ0) is 22.5. The monoisotopic (exact) mass is 451 g/mol. The first kappa shape index (κ1) is 21.5. The fourth-order valence-electron chi connectivity index (χ4n) is 2.84. The summed E-state index contributed by atoms with van der Waals surface area (Å²) in [6, 6.07) is 16.0. The SMILES string of the molecule is CC(=O)c1ccc(NC(=O)CSCc2ccc(-c3nc(-c4ccc(F)cc4)no3)o2)cc1. The maximum absolute atomic E-state index is 13.1. The van der Waals surface area contributed by atoms with Gasteiger partial charge in [-0.15, -0.1) is 11.8 Å². The molecule has 0 unspecified atom stereocenters. The van der Waals surface area contributed by atoms with Crippen LogP contribution in [0.2, 0.25) is 0 Å². The second-order valence-corrected chi connectivity index (χ2v) is 7.86. The third kappa shape index (κ3) is 5.30. The molecule has 4 aromatic rings. The lowest BCUT2D eigenvalue weighted by molar-refractivity contribution is -0.113.